The largest absolute Gasteiger partial charge is 0.478 e. The lowest BCUT2D eigenvalue weighted by Crippen LogP contribution is -2.29. The molecule has 2 aromatic carbocycles. The molecular formula is C22H17N3O4S. The van der Waals surface area contributed by atoms with Gasteiger partial charge in [-0.25, -0.2) is 9.78 Å². The second-order valence-electron chi connectivity index (χ2n) is 6.68. The molecule has 2 aromatic heterocycles. The van der Waals surface area contributed by atoms with E-state index in [1.54, 1.807) is 6.92 Å². The molecule has 0 spiro atoms. The number of aryl methyl sites for hydroxylation is 1. The molecule has 2 heterocycles. The maximum atomic E-state index is 13.0. The fraction of sp³-hybridized carbons (Fsp3) is 0.0909. The van der Waals surface area contributed by atoms with E-state index in [1.165, 1.54) is 40.2 Å². The zero-order chi connectivity index (χ0) is 21.3. The Labute approximate surface area is 175 Å². The van der Waals surface area contributed by atoms with Crippen LogP contribution in [0, 0.1) is 6.92 Å². The van der Waals surface area contributed by atoms with Crippen LogP contribution in [0.2, 0.25) is 0 Å². The van der Waals surface area contributed by atoms with E-state index in [9.17, 15) is 14.4 Å². The maximum absolute atomic E-state index is 13.0. The number of aromatic nitrogens is 2. The number of rotatable bonds is 5. The molecule has 0 aliphatic rings. The normalized spacial score (nSPS) is 10.8. The van der Waals surface area contributed by atoms with Gasteiger partial charge in [-0.15, -0.1) is 11.3 Å². The number of nitrogens with one attached hydrogen (secondary N) is 1. The number of carboxylic acid groups (broad SMARTS) is 1. The fourth-order valence-electron chi connectivity index (χ4n) is 3.09. The van der Waals surface area contributed by atoms with Crippen molar-refractivity contribution in [2.75, 3.05) is 5.32 Å². The summed E-state index contributed by atoms with van der Waals surface area (Å²) in [6, 6.07) is 17.4. The number of carbonyl (C=O) groups excluding carboxylic acids is 1. The number of nitrogens with zero attached hydrogens (tertiary/aromatic N) is 2. The van der Waals surface area contributed by atoms with Gasteiger partial charge in [-0.3, -0.25) is 14.2 Å². The molecule has 1 amide bonds. The molecule has 0 saturated heterocycles. The minimum atomic E-state index is -1.04. The van der Waals surface area contributed by atoms with Crippen molar-refractivity contribution in [3.8, 4) is 10.4 Å². The van der Waals surface area contributed by atoms with Crippen LogP contribution in [0.3, 0.4) is 0 Å². The Hall–Kier alpha value is -3.78. The number of amides is 1. The summed E-state index contributed by atoms with van der Waals surface area (Å²) in [4.78, 5) is 42.4. The van der Waals surface area contributed by atoms with E-state index < -0.39 is 11.9 Å². The van der Waals surface area contributed by atoms with Crippen LogP contribution in [0.1, 0.15) is 16.2 Å². The second-order valence-corrected chi connectivity index (χ2v) is 7.71. The average molecular weight is 419 g/mol. The molecule has 0 bridgehead atoms. The van der Waals surface area contributed by atoms with Gasteiger partial charge in [0.25, 0.3) is 5.56 Å². The molecule has 0 radical (unpaired) electrons. The highest BCUT2D eigenvalue weighted by molar-refractivity contribution is 7.21. The van der Waals surface area contributed by atoms with Gasteiger partial charge in [0.15, 0.2) is 0 Å². The minimum absolute atomic E-state index is 0.126. The highest BCUT2D eigenvalue weighted by Gasteiger charge is 2.15. The zero-order valence-electron chi connectivity index (χ0n) is 16.0. The van der Waals surface area contributed by atoms with Gasteiger partial charge in [-0.2, -0.15) is 0 Å². The maximum Gasteiger partial charge on any atom is 0.335 e. The molecule has 0 saturated carbocycles. The highest BCUT2D eigenvalue weighted by Crippen LogP contribution is 2.30. The van der Waals surface area contributed by atoms with Crippen molar-refractivity contribution in [2.45, 2.75) is 13.5 Å². The number of thiophene rings is 1. The summed E-state index contributed by atoms with van der Waals surface area (Å²) in [5, 5.41) is 12.1. The van der Waals surface area contributed by atoms with E-state index >= 15 is 0 Å². The molecule has 150 valence electrons. The lowest BCUT2D eigenvalue weighted by molar-refractivity contribution is -0.116. The third-order valence-corrected chi connectivity index (χ3v) is 5.70. The summed E-state index contributed by atoms with van der Waals surface area (Å²) in [5.41, 5.74) is 1.31. The Balaban J connectivity index is 1.60. The van der Waals surface area contributed by atoms with E-state index in [2.05, 4.69) is 10.3 Å². The van der Waals surface area contributed by atoms with Crippen LogP contribution >= 0.6 is 11.3 Å². The van der Waals surface area contributed by atoms with Crippen LogP contribution in [0.25, 0.3) is 20.7 Å². The van der Waals surface area contributed by atoms with Crippen LogP contribution in [0.4, 0.5) is 5.69 Å². The molecule has 30 heavy (non-hydrogen) atoms. The van der Waals surface area contributed by atoms with Crippen molar-refractivity contribution in [3.05, 3.63) is 82.4 Å². The molecule has 4 rings (SSSR count). The summed E-state index contributed by atoms with van der Waals surface area (Å²) < 4.78 is 1.34. The van der Waals surface area contributed by atoms with Crippen molar-refractivity contribution in [1.29, 1.82) is 0 Å². The van der Waals surface area contributed by atoms with E-state index in [0.29, 0.717) is 21.7 Å². The first-order chi connectivity index (χ1) is 14.4. The number of benzene rings is 2. The Morgan fingerprint density at radius 1 is 1.10 bits per heavy atom. The SMILES string of the molecule is Cc1nc2sc(-c3ccccc3)cc2c(=O)n1CC(=O)Nc1ccc(C(=O)O)cc1. The van der Waals surface area contributed by atoms with E-state index in [0.717, 1.165) is 10.4 Å². The predicted molar refractivity (Wildman–Crippen MR) is 116 cm³/mol. The van der Waals surface area contributed by atoms with Crippen LogP contribution in [0.15, 0.2) is 65.5 Å². The van der Waals surface area contributed by atoms with Crippen LogP contribution < -0.4 is 10.9 Å². The van der Waals surface area contributed by atoms with Crippen LogP contribution in [0.5, 0.6) is 0 Å². The molecule has 0 aliphatic carbocycles. The zero-order valence-corrected chi connectivity index (χ0v) is 16.8. The van der Waals surface area contributed by atoms with Crippen LogP contribution in [-0.2, 0) is 11.3 Å². The topological polar surface area (TPSA) is 101 Å². The first-order valence-corrected chi connectivity index (χ1v) is 9.93. The molecule has 7 nitrogen and oxygen atoms in total. The first-order valence-electron chi connectivity index (χ1n) is 9.12. The predicted octanol–water partition coefficient (Wildman–Crippen LogP) is 3.77. The standard InChI is InChI=1S/C22H17N3O4S/c1-13-23-20-17(11-18(30-20)14-5-3-2-4-6-14)21(27)25(13)12-19(26)24-16-9-7-15(8-10-16)22(28)29/h2-11H,12H2,1H3,(H,24,26)(H,28,29). The Kier molecular flexibility index (Phi) is 5.16. The molecular weight excluding hydrogens is 402 g/mol. The summed E-state index contributed by atoms with van der Waals surface area (Å²) >= 11 is 1.44. The average Bonchev–Trinajstić information content (AvgIpc) is 3.16. The monoisotopic (exact) mass is 419 g/mol. The van der Waals surface area contributed by atoms with E-state index in [-0.39, 0.29) is 17.7 Å². The quantitative estimate of drug-likeness (QED) is 0.513. The molecule has 0 atom stereocenters. The van der Waals surface area contributed by atoms with Crippen molar-refractivity contribution in [2.24, 2.45) is 0 Å². The fourth-order valence-corrected chi connectivity index (χ4v) is 4.16. The Bertz CT molecular complexity index is 1310. The van der Waals surface area contributed by atoms with Gasteiger partial charge in [-0.1, -0.05) is 30.3 Å². The van der Waals surface area contributed by atoms with Gasteiger partial charge >= 0.3 is 5.97 Å². The molecule has 0 unspecified atom stereocenters. The van der Waals surface area contributed by atoms with Gasteiger partial charge in [-0.05, 0) is 42.8 Å². The highest BCUT2D eigenvalue weighted by atomic mass is 32.1. The molecule has 2 N–H and O–H groups in total. The smallest absolute Gasteiger partial charge is 0.335 e. The molecule has 0 aliphatic heterocycles. The summed E-state index contributed by atoms with van der Waals surface area (Å²) in [7, 11) is 0. The third-order valence-electron chi connectivity index (χ3n) is 4.62. The molecule has 4 aromatic rings. The number of hydrogen-bond acceptors (Lipinski definition) is 5. The lowest BCUT2D eigenvalue weighted by atomic mass is 10.2. The van der Waals surface area contributed by atoms with E-state index in [4.69, 9.17) is 5.11 Å². The first kappa shape index (κ1) is 19.5. The summed E-state index contributed by atoms with van der Waals surface area (Å²) in [6.07, 6.45) is 0. The Morgan fingerprint density at radius 2 is 1.80 bits per heavy atom. The van der Waals surface area contributed by atoms with Gasteiger partial charge in [0.05, 0.1) is 10.9 Å². The molecule has 0 fully saturated rings. The van der Waals surface area contributed by atoms with Crippen molar-refractivity contribution >= 4 is 39.1 Å². The Morgan fingerprint density at radius 3 is 2.47 bits per heavy atom. The second kappa shape index (κ2) is 7.92. The van der Waals surface area contributed by atoms with Gasteiger partial charge < -0.3 is 10.4 Å². The number of hydrogen-bond donors (Lipinski definition) is 2. The van der Waals surface area contributed by atoms with Gasteiger partial charge in [0.1, 0.15) is 17.2 Å². The summed E-state index contributed by atoms with van der Waals surface area (Å²) in [5.74, 6) is -0.992. The number of aromatic carboxylic acids is 1. The lowest BCUT2D eigenvalue weighted by Gasteiger charge is -2.10. The molecule has 8 heteroatoms. The van der Waals surface area contributed by atoms with E-state index in [1.807, 2.05) is 36.4 Å². The minimum Gasteiger partial charge on any atom is -0.478 e. The number of anilines is 1. The van der Waals surface area contributed by atoms with Gasteiger partial charge in [0, 0.05) is 10.6 Å². The third kappa shape index (κ3) is 3.85. The number of carbonyl (C=O) groups is 2. The van der Waals surface area contributed by atoms with Crippen molar-refractivity contribution in [3.63, 3.8) is 0 Å². The number of fused-ring (bicyclic) bond motifs is 1. The number of carboxylic acids is 1. The summed E-state index contributed by atoms with van der Waals surface area (Å²) in [6.45, 7) is 1.50. The van der Waals surface area contributed by atoms with Gasteiger partial charge in [0.2, 0.25) is 5.91 Å². The van der Waals surface area contributed by atoms with Crippen molar-refractivity contribution in [1.82, 2.24) is 9.55 Å². The van der Waals surface area contributed by atoms with Crippen LogP contribution in [-0.4, -0.2) is 26.5 Å². The van der Waals surface area contributed by atoms with Crippen molar-refractivity contribution < 1.29 is 14.7 Å².